The summed E-state index contributed by atoms with van der Waals surface area (Å²) in [5, 5.41) is 22.9. The lowest BCUT2D eigenvalue weighted by Gasteiger charge is -2.36. The highest BCUT2D eigenvalue weighted by Crippen LogP contribution is 2.33. The maximum atomic E-state index is 12.2. The van der Waals surface area contributed by atoms with E-state index in [9.17, 15) is 10.1 Å². The van der Waals surface area contributed by atoms with Gasteiger partial charge in [-0.2, -0.15) is 5.10 Å². The predicted octanol–water partition coefficient (Wildman–Crippen LogP) is 2.75. The highest BCUT2D eigenvalue weighted by molar-refractivity contribution is 5.79. The number of nitrogens with one attached hydrogen (secondary N) is 2. The molecule has 11 nitrogen and oxygen atoms in total. The third kappa shape index (κ3) is 4.79. The molecule has 0 radical (unpaired) electrons. The first-order valence-corrected chi connectivity index (χ1v) is 11.8. The minimum Gasteiger partial charge on any atom is -0.495 e. The number of nitro groups is 1. The van der Waals surface area contributed by atoms with Crippen molar-refractivity contribution in [2.75, 3.05) is 40.1 Å². The molecular weight excluding hydrogens is 460 g/mol. The Morgan fingerprint density at radius 2 is 2.11 bits per heavy atom. The van der Waals surface area contributed by atoms with E-state index in [2.05, 4.69) is 20.7 Å². The van der Waals surface area contributed by atoms with Crippen molar-refractivity contribution in [2.45, 2.75) is 31.3 Å². The molecule has 0 amide bonds. The molecule has 36 heavy (non-hydrogen) atoms. The van der Waals surface area contributed by atoms with Gasteiger partial charge in [-0.15, -0.1) is 0 Å². The fourth-order valence-electron chi connectivity index (χ4n) is 4.48. The molecule has 190 valence electrons. The molecule has 0 fully saturated rings. The Morgan fingerprint density at radius 1 is 1.31 bits per heavy atom. The van der Waals surface area contributed by atoms with Gasteiger partial charge in [0.2, 0.25) is 5.95 Å². The molecule has 2 N–H and O–H groups in total. The summed E-state index contributed by atoms with van der Waals surface area (Å²) in [5.74, 6) is 0.806. The van der Waals surface area contributed by atoms with Crippen molar-refractivity contribution < 1.29 is 9.66 Å². The Morgan fingerprint density at radius 3 is 2.78 bits per heavy atom. The molecule has 2 atom stereocenters. The van der Waals surface area contributed by atoms with Crippen LogP contribution < -0.4 is 10.6 Å². The van der Waals surface area contributed by atoms with Crippen LogP contribution in [0.15, 0.2) is 60.4 Å². The highest BCUT2D eigenvalue weighted by Gasteiger charge is 2.46. The first-order valence-electron chi connectivity index (χ1n) is 11.8. The average Bonchev–Trinajstić information content (AvgIpc) is 3.31. The van der Waals surface area contributed by atoms with E-state index in [1.165, 1.54) is 0 Å². The van der Waals surface area contributed by atoms with Gasteiger partial charge >= 0.3 is 0 Å². The zero-order valence-electron chi connectivity index (χ0n) is 21.2. The summed E-state index contributed by atoms with van der Waals surface area (Å²) < 4.78 is 7.46. The van der Waals surface area contributed by atoms with Crippen LogP contribution >= 0.6 is 0 Å². The quantitative estimate of drug-likeness (QED) is 0.325. The van der Waals surface area contributed by atoms with Crippen molar-refractivity contribution >= 4 is 11.5 Å². The van der Waals surface area contributed by atoms with Crippen LogP contribution in [0.4, 0.5) is 5.95 Å². The van der Waals surface area contributed by atoms with Crippen LogP contribution in [0.5, 0.6) is 0 Å². The summed E-state index contributed by atoms with van der Waals surface area (Å²) in [5.41, 5.74) is 3.10. The van der Waals surface area contributed by atoms with Crippen LogP contribution in [0.1, 0.15) is 18.9 Å². The van der Waals surface area contributed by atoms with Crippen LogP contribution in [0.2, 0.25) is 0 Å². The van der Waals surface area contributed by atoms with Crippen LogP contribution in [0.25, 0.3) is 16.8 Å². The topological polar surface area (TPSA) is 123 Å². The van der Waals surface area contributed by atoms with E-state index in [4.69, 9.17) is 9.72 Å². The highest BCUT2D eigenvalue weighted by atomic mass is 16.6. The molecule has 3 aromatic heterocycles. The van der Waals surface area contributed by atoms with Gasteiger partial charge in [-0.1, -0.05) is 13.0 Å². The number of pyridine rings is 1. The molecule has 0 saturated heterocycles. The van der Waals surface area contributed by atoms with E-state index < -0.39 is 11.6 Å². The molecule has 0 aromatic carbocycles. The molecular formula is C25H32N8O3. The SMILES string of the molecule is CCc1cnc(NC2=CC([N+](=O)[O-])C(CCN(C)C)(NC)C=C2OC)nc1-c1cnn2ccccc12. The number of nitrogens with zero attached hydrogens (tertiary/aromatic N) is 6. The van der Waals surface area contributed by atoms with Gasteiger partial charge < -0.3 is 20.3 Å². The summed E-state index contributed by atoms with van der Waals surface area (Å²) in [4.78, 5) is 23.2. The fourth-order valence-corrected chi connectivity index (χ4v) is 4.48. The molecule has 2 unspecified atom stereocenters. The molecule has 11 heteroatoms. The van der Waals surface area contributed by atoms with Gasteiger partial charge in [-0.3, -0.25) is 10.1 Å². The molecule has 0 aliphatic heterocycles. The van der Waals surface area contributed by atoms with Gasteiger partial charge in [-0.05, 0) is 64.3 Å². The molecule has 0 saturated carbocycles. The van der Waals surface area contributed by atoms with Gasteiger partial charge in [-0.25, -0.2) is 14.5 Å². The van der Waals surface area contributed by atoms with E-state index in [-0.39, 0.29) is 4.92 Å². The van der Waals surface area contributed by atoms with E-state index in [1.807, 2.05) is 50.3 Å². The van der Waals surface area contributed by atoms with E-state index in [1.54, 1.807) is 43.2 Å². The summed E-state index contributed by atoms with van der Waals surface area (Å²) >= 11 is 0. The van der Waals surface area contributed by atoms with Crippen LogP contribution in [0, 0.1) is 10.1 Å². The van der Waals surface area contributed by atoms with Crippen LogP contribution in [0.3, 0.4) is 0 Å². The lowest BCUT2D eigenvalue weighted by Crippen LogP contribution is -2.57. The van der Waals surface area contributed by atoms with Crippen LogP contribution in [-0.2, 0) is 11.2 Å². The van der Waals surface area contributed by atoms with Crippen molar-refractivity contribution in [1.82, 2.24) is 29.8 Å². The molecule has 3 aromatic rings. The first kappa shape index (κ1) is 25.3. The van der Waals surface area contributed by atoms with Crippen molar-refractivity contribution in [3.63, 3.8) is 0 Å². The van der Waals surface area contributed by atoms with Crippen molar-refractivity contribution in [1.29, 1.82) is 0 Å². The number of rotatable bonds is 10. The van der Waals surface area contributed by atoms with E-state index >= 15 is 0 Å². The second-order valence-electron chi connectivity index (χ2n) is 9.00. The Balaban J connectivity index is 1.72. The maximum absolute atomic E-state index is 12.2. The maximum Gasteiger partial charge on any atom is 0.255 e. The summed E-state index contributed by atoms with van der Waals surface area (Å²) in [6.07, 6.45) is 10.1. The molecule has 0 spiro atoms. The third-order valence-electron chi connectivity index (χ3n) is 6.57. The van der Waals surface area contributed by atoms with Crippen LogP contribution in [-0.4, -0.2) is 75.8 Å². The van der Waals surface area contributed by atoms with Gasteiger partial charge in [0, 0.05) is 29.0 Å². The average molecular weight is 493 g/mol. The summed E-state index contributed by atoms with van der Waals surface area (Å²) in [7, 11) is 7.16. The Labute approximate surface area is 210 Å². The number of hydrogen-bond donors (Lipinski definition) is 2. The lowest BCUT2D eigenvalue weighted by atomic mass is 9.82. The van der Waals surface area contributed by atoms with Gasteiger partial charge in [0.15, 0.2) is 0 Å². The number of aromatic nitrogens is 4. The standard InChI is InChI=1S/C25H32N8O3/c1-6-17-15-27-24(30-23(17)18-16-28-32-11-8-7-9-20(18)32)29-19-13-22(33(34)35)25(26-2,10-12-31(3)4)14-21(19)36-5/h7-9,11,13-16,22,26H,6,10,12H2,1-5H3,(H,27,29,30). The zero-order valence-corrected chi connectivity index (χ0v) is 21.2. The zero-order chi connectivity index (χ0) is 25.9. The minimum atomic E-state index is -1.02. The predicted molar refractivity (Wildman–Crippen MR) is 138 cm³/mol. The number of fused-ring (bicyclic) bond motifs is 1. The van der Waals surface area contributed by atoms with Crippen molar-refractivity contribution in [3.8, 4) is 11.3 Å². The third-order valence-corrected chi connectivity index (χ3v) is 6.57. The van der Waals surface area contributed by atoms with Gasteiger partial charge in [0.1, 0.15) is 11.3 Å². The second kappa shape index (κ2) is 10.4. The summed E-state index contributed by atoms with van der Waals surface area (Å²) in [6.45, 7) is 2.71. The first-order chi connectivity index (χ1) is 17.3. The minimum absolute atomic E-state index is 0.276. The smallest absolute Gasteiger partial charge is 0.255 e. The number of methoxy groups -OCH3 is 1. The Hall–Kier alpha value is -3.83. The van der Waals surface area contributed by atoms with Gasteiger partial charge in [0.25, 0.3) is 6.04 Å². The molecule has 0 bridgehead atoms. The largest absolute Gasteiger partial charge is 0.495 e. The van der Waals surface area contributed by atoms with Crippen molar-refractivity contribution in [3.05, 3.63) is 76.1 Å². The monoisotopic (exact) mass is 492 g/mol. The summed E-state index contributed by atoms with van der Waals surface area (Å²) in [6, 6.07) is 4.84. The van der Waals surface area contributed by atoms with E-state index in [0.29, 0.717) is 30.4 Å². The number of likely N-dealkylation sites (N-methyl/N-ethyl adjacent to an activating group) is 1. The normalized spacial score (nSPS) is 19.8. The second-order valence-corrected chi connectivity index (χ2v) is 9.00. The van der Waals surface area contributed by atoms with Crippen molar-refractivity contribution in [2.24, 2.45) is 0 Å². The molecule has 1 aliphatic carbocycles. The fraction of sp³-hybridized carbons (Fsp3) is 0.400. The Kier molecular flexibility index (Phi) is 7.32. The molecule has 3 heterocycles. The van der Waals surface area contributed by atoms with E-state index in [0.717, 1.165) is 28.8 Å². The molecule has 4 rings (SSSR count). The molecule has 1 aliphatic rings. The number of aryl methyl sites for hydroxylation is 1. The number of anilines is 1. The number of ether oxygens (including phenoxy) is 1. The Bertz CT molecular complexity index is 1320. The van der Waals surface area contributed by atoms with Gasteiger partial charge in [0.05, 0.1) is 30.2 Å². The lowest BCUT2D eigenvalue weighted by molar-refractivity contribution is -0.519. The number of hydrogen-bond acceptors (Lipinski definition) is 9.